The molecule has 2 rings (SSSR count). The van der Waals surface area contributed by atoms with E-state index in [2.05, 4.69) is 34.2 Å². The molecule has 0 heterocycles. The van der Waals surface area contributed by atoms with Crippen LogP contribution >= 0.6 is 15.9 Å². The minimum atomic E-state index is -0.261. The van der Waals surface area contributed by atoms with Crippen LogP contribution in [0.5, 0.6) is 5.75 Å². The zero-order valence-corrected chi connectivity index (χ0v) is 13.6. The van der Waals surface area contributed by atoms with E-state index >= 15 is 0 Å². The second-order valence-electron chi connectivity index (χ2n) is 4.82. The van der Waals surface area contributed by atoms with Gasteiger partial charge in [-0.05, 0) is 52.7 Å². The van der Waals surface area contributed by atoms with Gasteiger partial charge in [0.25, 0.3) is 0 Å². The van der Waals surface area contributed by atoms with Crippen LogP contribution in [0.3, 0.4) is 0 Å². The first-order valence-electron chi connectivity index (χ1n) is 7.06. The molecule has 0 atom stereocenters. The van der Waals surface area contributed by atoms with E-state index < -0.39 is 0 Å². The van der Waals surface area contributed by atoms with Crippen molar-refractivity contribution < 1.29 is 9.13 Å². The number of halogens is 2. The average molecular weight is 352 g/mol. The SMILES string of the molecule is CCCNCc1ccccc1OCc1ccc(F)c(Br)c1. The van der Waals surface area contributed by atoms with Crippen LogP contribution in [0.1, 0.15) is 24.5 Å². The van der Waals surface area contributed by atoms with Gasteiger partial charge in [-0.2, -0.15) is 0 Å². The maximum Gasteiger partial charge on any atom is 0.137 e. The third-order valence-corrected chi connectivity index (χ3v) is 3.70. The van der Waals surface area contributed by atoms with Crippen LogP contribution in [0.25, 0.3) is 0 Å². The van der Waals surface area contributed by atoms with E-state index in [9.17, 15) is 4.39 Å². The Hall–Kier alpha value is -1.39. The molecule has 0 aliphatic heterocycles. The van der Waals surface area contributed by atoms with Crippen molar-refractivity contribution in [1.82, 2.24) is 5.32 Å². The number of hydrogen-bond acceptors (Lipinski definition) is 2. The largest absolute Gasteiger partial charge is 0.489 e. The predicted molar refractivity (Wildman–Crippen MR) is 86.9 cm³/mol. The zero-order chi connectivity index (χ0) is 15.1. The van der Waals surface area contributed by atoms with Crippen molar-refractivity contribution in [2.75, 3.05) is 6.54 Å². The fourth-order valence-electron chi connectivity index (χ4n) is 1.98. The highest BCUT2D eigenvalue weighted by atomic mass is 79.9. The highest BCUT2D eigenvalue weighted by Crippen LogP contribution is 2.21. The highest BCUT2D eigenvalue weighted by Gasteiger charge is 2.05. The zero-order valence-electron chi connectivity index (χ0n) is 12.0. The molecule has 0 aliphatic carbocycles. The monoisotopic (exact) mass is 351 g/mol. The van der Waals surface area contributed by atoms with Crippen LogP contribution in [0.15, 0.2) is 46.9 Å². The number of benzene rings is 2. The molecule has 4 heteroatoms. The Bertz CT molecular complexity index is 589. The molecule has 0 aliphatic rings. The van der Waals surface area contributed by atoms with E-state index in [1.807, 2.05) is 18.2 Å². The van der Waals surface area contributed by atoms with Gasteiger partial charge in [-0.15, -0.1) is 0 Å². The Morgan fingerprint density at radius 2 is 2.00 bits per heavy atom. The van der Waals surface area contributed by atoms with E-state index in [-0.39, 0.29) is 5.82 Å². The molecule has 0 radical (unpaired) electrons. The van der Waals surface area contributed by atoms with Crippen LogP contribution in [0, 0.1) is 5.82 Å². The molecule has 112 valence electrons. The van der Waals surface area contributed by atoms with Gasteiger partial charge >= 0.3 is 0 Å². The van der Waals surface area contributed by atoms with E-state index in [0.29, 0.717) is 11.1 Å². The first-order chi connectivity index (χ1) is 10.2. The van der Waals surface area contributed by atoms with Crippen LogP contribution < -0.4 is 10.1 Å². The Kier molecular flexibility index (Phi) is 6.21. The maximum atomic E-state index is 13.2. The molecule has 21 heavy (non-hydrogen) atoms. The molecule has 0 fully saturated rings. The standard InChI is InChI=1S/C17H19BrFNO/c1-2-9-20-11-14-5-3-4-6-17(14)21-12-13-7-8-16(19)15(18)10-13/h3-8,10,20H,2,9,11-12H2,1H3. The summed E-state index contributed by atoms with van der Waals surface area (Å²) in [5, 5.41) is 3.37. The fourth-order valence-corrected chi connectivity index (χ4v) is 2.41. The van der Waals surface area contributed by atoms with Gasteiger partial charge < -0.3 is 10.1 Å². The molecule has 0 unspecified atom stereocenters. The van der Waals surface area contributed by atoms with Crippen LogP contribution in [-0.4, -0.2) is 6.54 Å². The Balaban J connectivity index is 2.00. The van der Waals surface area contributed by atoms with Crippen molar-refractivity contribution in [3.05, 3.63) is 63.9 Å². The van der Waals surface area contributed by atoms with Gasteiger partial charge in [0.1, 0.15) is 18.2 Å². The first-order valence-corrected chi connectivity index (χ1v) is 7.85. The summed E-state index contributed by atoms with van der Waals surface area (Å²) >= 11 is 3.19. The minimum Gasteiger partial charge on any atom is -0.489 e. The van der Waals surface area contributed by atoms with Gasteiger partial charge in [-0.1, -0.05) is 31.2 Å². The summed E-state index contributed by atoms with van der Waals surface area (Å²) in [4.78, 5) is 0. The number of hydrogen-bond donors (Lipinski definition) is 1. The van der Waals surface area contributed by atoms with Crippen molar-refractivity contribution in [2.24, 2.45) is 0 Å². The lowest BCUT2D eigenvalue weighted by molar-refractivity contribution is 0.302. The lowest BCUT2D eigenvalue weighted by Crippen LogP contribution is -2.14. The summed E-state index contributed by atoms with van der Waals surface area (Å²) in [7, 11) is 0. The summed E-state index contributed by atoms with van der Waals surface area (Å²) in [6.07, 6.45) is 1.10. The highest BCUT2D eigenvalue weighted by molar-refractivity contribution is 9.10. The van der Waals surface area contributed by atoms with E-state index in [4.69, 9.17) is 4.74 Å². The van der Waals surface area contributed by atoms with E-state index in [1.54, 1.807) is 12.1 Å². The number of nitrogens with one attached hydrogen (secondary N) is 1. The summed E-state index contributed by atoms with van der Waals surface area (Å²) in [6.45, 7) is 4.34. The van der Waals surface area contributed by atoms with Gasteiger partial charge in [-0.25, -0.2) is 4.39 Å². The van der Waals surface area contributed by atoms with Crippen LogP contribution in [0.2, 0.25) is 0 Å². The van der Waals surface area contributed by atoms with Crippen molar-refractivity contribution in [2.45, 2.75) is 26.5 Å². The third-order valence-electron chi connectivity index (χ3n) is 3.09. The molecule has 0 saturated carbocycles. The number of para-hydroxylation sites is 1. The molecule has 2 aromatic carbocycles. The Morgan fingerprint density at radius 3 is 2.76 bits per heavy atom. The summed E-state index contributed by atoms with van der Waals surface area (Å²) < 4.78 is 19.5. The van der Waals surface area contributed by atoms with Crippen LogP contribution in [-0.2, 0) is 13.2 Å². The smallest absolute Gasteiger partial charge is 0.137 e. The van der Waals surface area contributed by atoms with Gasteiger partial charge in [0.2, 0.25) is 0 Å². The molecule has 2 aromatic rings. The van der Waals surface area contributed by atoms with Gasteiger partial charge in [0, 0.05) is 12.1 Å². The fraction of sp³-hybridized carbons (Fsp3) is 0.294. The molecule has 0 spiro atoms. The quantitative estimate of drug-likeness (QED) is 0.732. The number of rotatable bonds is 7. The Labute approximate surface area is 133 Å². The van der Waals surface area contributed by atoms with Crippen molar-refractivity contribution in [1.29, 1.82) is 0 Å². The first kappa shape index (κ1) is 16.0. The topological polar surface area (TPSA) is 21.3 Å². The van der Waals surface area contributed by atoms with Crippen molar-refractivity contribution in [3.8, 4) is 5.75 Å². The van der Waals surface area contributed by atoms with Gasteiger partial charge in [-0.3, -0.25) is 0 Å². The molecule has 0 saturated heterocycles. The second-order valence-corrected chi connectivity index (χ2v) is 5.68. The summed E-state index contributed by atoms with van der Waals surface area (Å²) in [6, 6.07) is 12.9. The molecule has 1 N–H and O–H groups in total. The summed E-state index contributed by atoms with van der Waals surface area (Å²) in [5.74, 6) is 0.601. The lowest BCUT2D eigenvalue weighted by atomic mass is 10.2. The van der Waals surface area contributed by atoms with Crippen molar-refractivity contribution >= 4 is 15.9 Å². The second kappa shape index (κ2) is 8.15. The molecule has 0 aromatic heterocycles. The molecule has 2 nitrogen and oxygen atoms in total. The normalized spacial score (nSPS) is 10.6. The van der Waals surface area contributed by atoms with Crippen LogP contribution in [0.4, 0.5) is 4.39 Å². The van der Waals surface area contributed by atoms with Gasteiger partial charge in [0.15, 0.2) is 0 Å². The lowest BCUT2D eigenvalue weighted by Gasteiger charge is -2.12. The summed E-state index contributed by atoms with van der Waals surface area (Å²) in [5.41, 5.74) is 2.06. The van der Waals surface area contributed by atoms with E-state index in [0.717, 1.165) is 36.4 Å². The molecular formula is C17H19BrFNO. The average Bonchev–Trinajstić information content (AvgIpc) is 2.50. The Morgan fingerprint density at radius 1 is 1.19 bits per heavy atom. The predicted octanol–water partition coefficient (Wildman–Crippen LogP) is 4.67. The molecular weight excluding hydrogens is 333 g/mol. The van der Waals surface area contributed by atoms with Gasteiger partial charge in [0.05, 0.1) is 4.47 Å². The number of ether oxygens (including phenoxy) is 1. The van der Waals surface area contributed by atoms with E-state index in [1.165, 1.54) is 6.07 Å². The minimum absolute atomic E-state index is 0.261. The van der Waals surface area contributed by atoms with Crippen molar-refractivity contribution in [3.63, 3.8) is 0 Å². The molecule has 0 amide bonds. The third kappa shape index (κ3) is 4.83. The molecule has 0 bridgehead atoms. The maximum absolute atomic E-state index is 13.2.